The van der Waals surface area contributed by atoms with E-state index in [0.29, 0.717) is 24.4 Å². The molecule has 20 heavy (non-hydrogen) atoms. The molecule has 0 saturated heterocycles. The van der Waals surface area contributed by atoms with Crippen molar-refractivity contribution < 1.29 is 14.3 Å². The Labute approximate surface area is 119 Å². The Morgan fingerprint density at radius 2 is 1.90 bits per heavy atom. The highest BCUT2D eigenvalue weighted by molar-refractivity contribution is 5.96. The van der Waals surface area contributed by atoms with Gasteiger partial charge in [-0.1, -0.05) is 6.07 Å². The van der Waals surface area contributed by atoms with E-state index < -0.39 is 0 Å². The predicted octanol–water partition coefficient (Wildman–Crippen LogP) is 1.91. The van der Waals surface area contributed by atoms with E-state index in [2.05, 4.69) is 0 Å². The maximum atomic E-state index is 12.3. The third-order valence-electron chi connectivity index (χ3n) is 3.15. The third kappa shape index (κ3) is 3.98. The van der Waals surface area contributed by atoms with Crippen LogP contribution in [0.3, 0.4) is 0 Å². The summed E-state index contributed by atoms with van der Waals surface area (Å²) in [5, 5.41) is 0. The van der Waals surface area contributed by atoms with E-state index in [9.17, 15) is 9.59 Å². The number of carbonyl (C=O) groups excluding carboxylic acids is 2. The van der Waals surface area contributed by atoms with E-state index in [1.807, 2.05) is 19.9 Å². The van der Waals surface area contributed by atoms with Gasteiger partial charge in [0.2, 0.25) is 0 Å². The van der Waals surface area contributed by atoms with Gasteiger partial charge >= 0.3 is 5.97 Å². The van der Waals surface area contributed by atoms with E-state index in [4.69, 9.17) is 10.5 Å². The number of carbonyl (C=O) groups is 2. The second kappa shape index (κ2) is 6.93. The summed E-state index contributed by atoms with van der Waals surface area (Å²) in [6.07, 6.45) is 0.191. The fourth-order valence-corrected chi connectivity index (χ4v) is 1.90. The van der Waals surface area contributed by atoms with Gasteiger partial charge < -0.3 is 15.4 Å². The van der Waals surface area contributed by atoms with Crippen molar-refractivity contribution in [1.82, 2.24) is 4.90 Å². The van der Waals surface area contributed by atoms with Gasteiger partial charge in [0.15, 0.2) is 0 Å². The molecule has 1 rings (SSSR count). The SMILES string of the molecule is CCOC(=O)CCN(C)C(=O)c1cc(N)c(C)cc1C. The highest BCUT2D eigenvalue weighted by atomic mass is 16.5. The van der Waals surface area contributed by atoms with Crippen LogP contribution in [-0.4, -0.2) is 37.0 Å². The molecule has 0 atom stereocenters. The van der Waals surface area contributed by atoms with Gasteiger partial charge in [0.05, 0.1) is 13.0 Å². The summed E-state index contributed by atoms with van der Waals surface area (Å²) < 4.78 is 4.84. The zero-order chi connectivity index (χ0) is 15.3. The number of nitrogen functional groups attached to an aromatic ring is 1. The predicted molar refractivity (Wildman–Crippen MR) is 78.5 cm³/mol. The fraction of sp³-hybridized carbons (Fsp3) is 0.467. The average Bonchev–Trinajstić information content (AvgIpc) is 2.39. The Kier molecular flexibility index (Phi) is 5.55. The minimum absolute atomic E-state index is 0.140. The highest BCUT2D eigenvalue weighted by Crippen LogP contribution is 2.19. The molecule has 5 nitrogen and oxygen atoms in total. The normalized spacial score (nSPS) is 10.2. The number of nitrogens with two attached hydrogens (primary N) is 1. The molecule has 2 N–H and O–H groups in total. The van der Waals surface area contributed by atoms with Crippen LogP contribution in [0.1, 0.15) is 34.8 Å². The molecule has 0 spiro atoms. The van der Waals surface area contributed by atoms with Gasteiger partial charge in [-0.3, -0.25) is 9.59 Å². The second-order valence-electron chi connectivity index (χ2n) is 4.81. The Morgan fingerprint density at radius 1 is 1.25 bits per heavy atom. The van der Waals surface area contributed by atoms with Gasteiger partial charge in [0.25, 0.3) is 5.91 Å². The summed E-state index contributed by atoms with van der Waals surface area (Å²) in [4.78, 5) is 25.1. The summed E-state index contributed by atoms with van der Waals surface area (Å²) in [5.74, 6) is -0.439. The second-order valence-corrected chi connectivity index (χ2v) is 4.81. The third-order valence-corrected chi connectivity index (χ3v) is 3.15. The van der Waals surface area contributed by atoms with Crippen LogP contribution < -0.4 is 5.73 Å². The van der Waals surface area contributed by atoms with Crippen molar-refractivity contribution in [3.05, 3.63) is 28.8 Å². The van der Waals surface area contributed by atoms with E-state index in [0.717, 1.165) is 11.1 Å². The lowest BCUT2D eigenvalue weighted by molar-refractivity contribution is -0.143. The van der Waals surface area contributed by atoms with Crippen LogP contribution in [0.4, 0.5) is 5.69 Å². The number of benzene rings is 1. The van der Waals surface area contributed by atoms with Crippen LogP contribution in [0.15, 0.2) is 12.1 Å². The lowest BCUT2D eigenvalue weighted by atomic mass is 10.0. The fourth-order valence-electron chi connectivity index (χ4n) is 1.90. The molecule has 0 radical (unpaired) electrons. The number of aryl methyl sites for hydroxylation is 2. The average molecular weight is 278 g/mol. The first-order valence-electron chi connectivity index (χ1n) is 6.64. The smallest absolute Gasteiger partial charge is 0.307 e. The number of rotatable bonds is 5. The molecule has 0 fully saturated rings. The largest absolute Gasteiger partial charge is 0.466 e. The van der Waals surface area contributed by atoms with E-state index >= 15 is 0 Å². The van der Waals surface area contributed by atoms with Gasteiger partial charge in [-0.15, -0.1) is 0 Å². The van der Waals surface area contributed by atoms with Gasteiger partial charge in [-0.2, -0.15) is 0 Å². The molecule has 0 unspecified atom stereocenters. The lowest BCUT2D eigenvalue weighted by Crippen LogP contribution is -2.30. The zero-order valence-electron chi connectivity index (χ0n) is 12.5. The summed E-state index contributed by atoms with van der Waals surface area (Å²) in [5.41, 5.74) is 8.84. The molecule has 0 saturated carbocycles. The Balaban J connectivity index is 2.74. The molecule has 0 aliphatic heterocycles. The number of anilines is 1. The van der Waals surface area contributed by atoms with Crippen molar-refractivity contribution >= 4 is 17.6 Å². The van der Waals surface area contributed by atoms with Crippen molar-refractivity contribution in [1.29, 1.82) is 0 Å². The van der Waals surface area contributed by atoms with Gasteiger partial charge in [0.1, 0.15) is 0 Å². The summed E-state index contributed by atoms with van der Waals surface area (Å²) >= 11 is 0. The molecular weight excluding hydrogens is 256 g/mol. The zero-order valence-corrected chi connectivity index (χ0v) is 12.5. The van der Waals surface area contributed by atoms with Gasteiger partial charge in [0, 0.05) is 24.8 Å². The number of ether oxygens (including phenoxy) is 1. The first kappa shape index (κ1) is 16.0. The molecular formula is C15H22N2O3. The number of nitrogens with zero attached hydrogens (tertiary/aromatic N) is 1. The summed E-state index contributed by atoms with van der Waals surface area (Å²) in [6.45, 7) is 6.21. The van der Waals surface area contributed by atoms with E-state index in [1.54, 1.807) is 20.0 Å². The minimum atomic E-state index is -0.299. The highest BCUT2D eigenvalue weighted by Gasteiger charge is 2.16. The van der Waals surface area contributed by atoms with Crippen molar-refractivity contribution in [2.75, 3.05) is 25.9 Å². The number of amides is 1. The maximum Gasteiger partial charge on any atom is 0.307 e. The Bertz CT molecular complexity index is 512. The monoisotopic (exact) mass is 278 g/mol. The quantitative estimate of drug-likeness (QED) is 0.659. The molecule has 5 heteroatoms. The van der Waals surface area contributed by atoms with Crippen molar-refractivity contribution in [2.24, 2.45) is 0 Å². The minimum Gasteiger partial charge on any atom is -0.466 e. The molecule has 1 aromatic carbocycles. The van der Waals surface area contributed by atoms with Crippen LogP contribution in [-0.2, 0) is 9.53 Å². The lowest BCUT2D eigenvalue weighted by Gasteiger charge is -2.18. The summed E-state index contributed by atoms with van der Waals surface area (Å²) in [6, 6.07) is 3.58. The number of esters is 1. The molecule has 0 aliphatic carbocycles. The van der Waals surface area contributed by atoms with Crippen LogP contribution in [0.25, 0.3) is 0 Å². The molecule has 0 heterocycles. The first-order valence-corrected chi connectivity index (χ1v) is 6.64. The van der Waals surface area contributed by atoms with Gasteiger partial charge in [-0.25, -0.2) is 0 Å². The van der Waals surface area contributed by atoms with Crippen molar-refractivity contribution in [3.63, 3.8) is 0 Å². The number of hydrogen-bond donors (Lipinski definition) is 1. The van der Waals surface area contributed by atoms with Crippen LogP contribution in [0, 0.1) is 13.8 Å². The van der Waals surface area contributed by atoms with Crippen LogP contribution in [0.5, 0.6) is 0 Å². The Morgan fingerprint density at radius 3 is 2.50 bits per heavy atom. The maximum absolute atomic E-state index is 12.3. The first-order chi connectivity index (χ1) is 9.36. The van der Waals surface area contributed by atoms with Crippen molar-refractivity contribution in [2.45, 2.75) is 27.2 Å². The Hall–Kier alpha value is -2.04. The molecule has 0 aromatic heterocycles. The number of hydrogen-bond acceptors (Lipinski definition) is 4. The molecule has 110 valence electrons. The van der Waals surface area contributed by atoms with E-state index in [-0.39, 0.29) is 18.3 Å². The van der Waals surface area contributed by atoms with Crippen LogP contribution >= 0.6 is 0 Å². The van der Waals surface area contributed by atoms with Crippen molar-refractivity contribution in [3.8, 4) is 0 Å². The van der Waals surface area contributed by atoms with Gasteiger partial charge in [-0.05, 0) is 38.0 Å². The standard InChI is InChI=1S/C15H22N2O3/c1-5-20-14(18)6-7-17(4)15(19)12-9-13(16)11(3)8-10(12)2/h8-9H,5-7,16H2,1-4H3. The molecule has 1 aromatic rings. The van der Waals surface area contributed by atoms with Crippen LogP contribution in [0.2, 0.25) is 0 Å². The molecule has 1 amide bonds. The summed E-state index contributed by atoms with van der Waals surface area (Å²) in [7, 11) is 1.66. The molecule has 0 bridgehead atoms. The van der Waals surface area contributed by atoms with E-state index in [1.165, 1.54) is 4.90 Å². The molecule has 0 aliphatic rings. The topological polar surface area (TPSA) is 72.6 Å².